The van der Waals surface area contributed by atoms with E-state index in [1.165, 1.54) is 17.6 Å². The fourth-order valence-electron chi connectivity index (χ4n) is 1.61. The van der Waals surface area contributed by atoms with Gasteiger partial charge in [-0.05, 0) is 25.5 Å². The predicted octanol–water partition coefficient (Wildman–Crippen LogP) is 2.63. The van der Waals surface area contributed by atoms with Gasteiger partial charge in [0.1, 0.15) is 5.69 Å². The summed E-state index contributed by atoms with van der Waals surface area (Å²) in [5.74, 6) is -0.715. The number of hydrogen-bond acceptors (Lipinski definition) is 5. The van der Waals surface area contributed by atoms with Gasteiger partial charge in [0.05, 0.1) is 11.7 Å². The number of aliphatic carboxylic acids is 1. The summed E-state index contributed by atoms with van der Waals surface area (Å²) in [5, 5.41) is 14.0. The Morgan fingerprint density at radius 2 is 2.29 bits per heavy atom. The van der Waals surface area contributed by atoms with Crippen LogP contribution in [0.4, 0.5) is 0 Å². The normalized spacial score (nSPS) is 13.6. The summed E-state index contributed by atoms with van der Waals surface area (Å²) in [7, 11) is 0. The van der Waals surface area contributed by atoms with Gasteiger partial charge in [0.15, 0.2) is 10.8 Å². The van der Waals surface area contributed by atoms with E-state index in [9.17, 15) is 9.59 Å². The molecule has 0 aliphatic heterocycles. The minimum atomic E-state index is -0.977. The number of nitrogens with zero attached hydrogens (tertiary/aromatic N) is 1. The van der Waals surface area contributed by atoms with Crippen molar-refractivity contribution in [1.29, 1.82) is 0 Å². The molecule has 0 aromatic carbocycles. The number of carboxylic acid groups (broad SMARTS) is 1. The third-order valence-corrected chi connectivity index (χ3v) is 4.26. The average Bonchev–Trinajstić information content (AvgIpc) is 3.13. The third kappa shape index (κ3) is 3.30. The first-order valence-electron chi connectivity index (χ1n) is 6.47. The van der Waals surface area contributed by atoms with Crippen LogP contribution in [0.15, 0.2) is 28.2 Å². The molecule has 0 aliphatic carbocycles. The van der Waals surface area contributed by atoms with E-state index >= 15 is 0 Å². The van der Waals surface area contributed by atoms with Crippen LogP contribution < -0.4 is 5.32 Å². The Bertz CT molecular complexity index is 635. The van der Waals surface area contributed by atoms with E-state index in [1.807, 2.05) is 0 Å². The van der Waals surface area contributed by atoms with Crippen molar-refractivity contribution in [1.82, 2.24) is 10.3 Å². The molecule has 2 N–H and O–H groups in total. The quantitative estimate of drug-likeness (QED) is 0.855. The smallest absolute Gasteiger partial charge is 0.311 e. The highest BCUT2D eigenvalue weighted by Gasteiger charge is 2.31. The number of carbonyl (C=O) groups excluding carboxylic acids is 1. The summed E-state index contributed by atoms with van der Waals surface area (Å²) in [6, 6.07) is 3.51. The molecule has 0 spiro atoms. The molecule has 112 valence electrons. The lowest BCUT2D eigenvalue weighted by atomic mass is 9.88. The number of carbonyl (C=O) groups is 2. The number of thiazole rings is 1. The zero-order chi connectivity index (χ0) is 15.5. The van der Waals surface area contributed by atoms with Gasteiger partial charge < -0.3 is 14.8 Å². The van der Waals surface area contributed by atoms with Gasteiger partial charge in [-0.25, -0.2) is 4.98 Å². The molecule has 1 amide bonds. The van der Waals surface area contributed by atoms with Crippen molar-refractivity contribution in [3.63, 3.8) is 0 Å². The van der Waals surface area contributed by atoms with E-state index in [0.29, 0.717) is 17.2 Å². The largest absolute Gasteiger partial charge is 0.481 e. The maximum absolute atomic E-state index is 12.0. The second-order valence-electron chi connectivity index (χ2n) is 4.92. The highest BCUT2D eigenvalue weighted by Crippen LogP contribution is 2.24. The molecule has 0 fully saturated rings. The van der Waals surface area contributed by atoms with Crippen LogP contribution in [0.25, 0.3) is 10.8 Å². The molecule has 0 saturated carbocycles. The van der Waals surface area contributed by atoms with E-state index in [2.05, 4.69) is 10.3 Å². The van der Waals surface area contributed by atoms with Gasteiger partial charge in [-0.3, -0.25) is 9.59 Å². The minimum Gasteiger partial charge on any atom is -0.481 e. The molecule has 0 radical (unpaired) electrons. The number of nitrogens with one attached hydrogen (secondary N) is 1. The Morgan fingerprint density at radius 3 is 2.86 bits per heavy atom. The zero-order valence-electron chi connectivity index (χ0n) is 11.8. The van der Waals surface area contributed by atoms with Crippen molar-refractivity contribution in [2.75, 3.05) is 6.54 Å². The van der Waals surface area contributed by atoms with Gasteiger partial charge in [-0.1, -0.05) is 6.92 Å². The SMILES string of the molecule is CCC(C)(CNC(=O)c1csc(-c2ccco2)n1)C(=O)O. The van der Waals surface area contributed by atoms with Crippen LogP contribution in [0.2, 0.25) is 0 Å². The fourth-order valence-corrected chi connectivity index (χ4v) is 2.38. The van der Waals surface area contributed by atoms with E-state index in [-0.39, 0.29) is 18.1 Å². The predicted molar refractivity (Wildman–Crippen MR) is 78.2 cm³/mol. The maximum atomic E-state index is 12.0. The Balaban J connectivity index is 2.03. The average molecular weight is 308 g/mol. The molecule has 2 heterocycles. The van der Waals surface area contributed by atoms with E-state index < -0.39 is 11.4 Å². The molecule has 21 heavy (non-hydrogen) atoms. The maximum Gasteiger partial charge on any atom is 0.311 e. The van der Waals surface area contributed by atoms with Crippen molar-refractivity contribution in [2.45, 2.75) is 20.3 Å². The topological polar surface area (TPSA) is 92.4 Å². The summed E-state index contributed by atoms with van der Waals surface area (Å²) in [5.41, 5.74) is -0.717. The number of furan rings is 1. The molecular weight excluding hydrogens is 292 g/mol. The second kappa shape index (κ2) is 6.09. The molecule has 0 saturated heterocycles. The molecule has 1 atom stereocenters. The first kappa shape index (κ1) is 15.2. The molecule has 2 aromatic rings. The van der Waals surface area contributed by atoms with Crippen LogP contribution >= 0.6 is 11.3 Å². The molecule has 2 aromatic heterocycles. The van der Waals surface area contributed by atoms with Crippen LogP contribution in [0.3, 0.4) is 0 Å². The standard InChI is InChI=1S/C14H16N2O4S/c1-3-14(2,13(18)19)8-15-11(17)9-7-21-12(16-9)10-5-4-6-20-10/h4-7H,3,8H2,1-2H3,(H,15,17)(H,18,19). The number of aromatic nitrogens is 1. The fraction of sp³-hybridized carbons (Fsp3) is 0.357. The lowest BCUT2D eigenvalue weighted by Gasteiger charge is -2.22. The molecular formula is C14H16N2O4S. The van der Waals surface area contributed by atoms with Gasteiger partial charge in [-0.2, -0.15) is 0 Å². The van der Waals surface area contributed by atoms with E-state index in [0.717, 1.165) is 0 Å². The monoisotopic (exact) mass is 308 g/mol. The summed E-state index contributed by atoms with van der Waals surface area (Å²) in [6.45, 7) is 3.44. The summed E-state index contributed by atoms with van der Waals surface area (Å²) >= 11 is 1.30. The highest BCUT2D eigenvalue weighted by molar-refractivity contribution is 7.13. The van der Waals surface area contributed by atoms with Crippen molar-refractivity contribution >= 4 is 23.2 Å². The van der Waals surface area contributed by atoms with Gasteiger partial charge >= 0.3 is 5.97 Å². The Labute approximate surface area is 125 Å². The van der Waals surface area contributed by atoms with Crippen molar-refractivity contribution in [3.05, 3.63) is 29.5 Å². The zero-order valence-corrected chi connectivity index (χ0v) is 12.6. The number of carboxylic acids is 1. The van der Waals surface area contributed by atoms with E-state index in [1.54, 1.807) is 31.4 Å². The highest BCUT2D eigenvalue weighted by atomic mass is 32.1. The van der Waals surface area contributed by atoms with Gasteiger partial charge in [0.25, 0.3) is 5.91 Å². The van der Waals surface area contributed by atoms with Crippen LogP contribution in [-0.4, -0.2) is 28.5 Å². The Kier molecular flexibility index (Phi) is 4.42. The molecule has 2 rings (SSSR count). The van der Waals surface area contributed by atoms with Crippen molar-refractivity contribution in [2.24, 2.45) is 5.41 Å². The number of amides is 1. The van der Waals surface area contributed by atoms with Crippen LogP contribution in [0.1, 0.15) is 30.8 Å². The number of hydrogen-bond donors (Lipinski definition) is 2. The van der Waals surface area contributed by atoms with Crippen molar-refractivity contribution in [3.8, 4) is 10.8 Å². The summed E-state index contributed by atoms with van der Waals surface area (Å²) in [4.78, 5) is 27.4. The second-order valence-corrected chi connectivity index (χ2v) is 5.78. The first-order valence-corrected chi connectivity index (χ1v) is 7.35. The van der Waals surface area contributed by atoms with E-state index in [4.69, 9.17) is 9.52 Å². The molecule has 0 bridgehead atoms. The minimum absolute atomic E-state index is 0.0608. The molecule has 0 aliphatic rings. The van der Waals surface area contributed by atoms with Gasteiger partial charge in [-0.15, -0.1) is 11.3 Å². The summed E-state index contributed by atoms with van der Waals surface area (Å²) in [6.07, 6.45) is 1.97. The van der Waals surface area contributed by atoms with Crippen LogP contribution in [0, 0.1) is 5.41 Å². The summed E-state index contributed by atoms with van der Waals surface area (Å²) < 4.78 is 5.21. The Hall–Kier alpha value is -2.15. The van der Waals surface area contributed by atoms with Crippen molar-refractivity contribution < 1.29 is 19.1 Å². The molecule has 1 unspecified atom stereocenters. The lowest BCUT2D eigenvalue weighted by molar-refractivity contribution is -0.147. The van der Waals surface area contributed by atoms with Crippen LogP contribution in [0.5, 0.6) is 0 Å². The van der Waals surface area contributed by atoms with Gasteiger partial charge in [0.2, 0.25) is 0 Å². The first-order chi connectivity index (χ1) is 9.96. The lowest BCUT2D eigenvalue weighted by Crippen LogP contribution is -2.40. The third-order valence-electron chi connectivity index (χ3n) is 3.40. The Morgan fingerprint density at radius 1 is 1.52 bits per heavy atom. The van der Waals surface area contributed by atoms with Gasteiger partial charge in [0, 0.05) is 11.9 Å². The van der Waals surface area contributed by atoms with Crippen LogP contribution in [-0.2, 0) is 4.79 Å². The molecule has 6 nitrogen and oxygen atoms in total. The molecule has 7 heteroatoms. The number of rotatable bonds is 6.